The minimum Gasteiger partial charge on any atom is -0.477 e. The SMILES string of the molecule is O=C(O)c1[nH]c2ccccc2c1-c1ccccc1Cl. The molecule has 3 nitrogen and oxygen atoms in total. The van der Waals surface area contributed by atoms with Crippen LogP contribution in [0.5, 0.6) is 0 Å². The molecule has 2 aromatic carbocycles. The molecule has 1 aromatic heterocycles. The van der Waals surface area contributed by atoms with Gasteiger partial charge in [0.15, 0.2) is 0 Å². The van der Waals surface area contributed by atoms with Crippen LogP contribution >= 0.6 is 11.6 Å². The molecule has 0 unspecified atom stereocenters. The number of carboxylic acid groups (broad SMARTS) is 1. The number of hydrogen-bond acceptors (Lipinski definition) is 1. The van der Waals surface area contributed by atoms with Crippen molar-refractivity contribution in [2.75, 3.05) is 0 Å². The van der Waals surface area contributed by atoms with Gasteiger partial charge in [-0.1, -0.05) is 48.0 Å². The first kappa shape index (κ1) is 11.8. The van der Waals surface area contributed by atoms with Crippen molar-refractivity contribution in [3.8, 4) is 11.1 Å². The third-order valence-corrected chi connectivity index (χ3v) is 3.39. The summed E-state index contributed by atoms with van der Waals surface area (Å²) in [7, 11) is 0. The third kappa shape index (κ3) is 1.88. The maximum Gasteiger partial charge on any atom is 0.352 e. The van der Waals surface area contributed by atoms with Crippen LogP contribution in [-0.4, -0.2) is 16.1 Å². The van der Waals surface area contributed by atoms with Gasteiger partial charge in [-0.2, -0.15) is 0 Å². The molecule has 4 heteroatoms. The number of hydrogen-bond donors (Lipinski definition) is 2. The van der Waals surface area contributed by atoms with Crippen molar-refractivity contribution in [1.82, 2.24) is 4.98 Å². The fourth-order valence-corrected chi connectivity index (χ4v) is 2.48. The smallest absolute Gasteiger partial charge is 0.352 e. The lowest BCUT2D eigenvalue weighted by molar-refractivity contribution is 0.0692. The number of rotatable bonds is 2. The number of fused-ring (bicyclic) bond motifs is 1. The molecule has 0 saturated carbocycles. The molecule has 0 fully saturated rings. The van der Waals surface area contributed by atoms with Gasteiger partial charge >= 0.3 is 5.97 Å². The molecule has 0 radical (unpaired) electrons. The first-order valence-electron chi connectivity index (χ1n) is 5.77. The minimum atomic E-state index is -0.994. The summed E-state index contributed by atoms with van der Waals surface area (Å²) in [5, 5.41) is 10.7. The average Bonchev–Trinajstić information content (AvgIpc) is 2.79. The van der Waals surface area contributed by atoms with Crippen LogP contribution in [-0.2, 0) is 0 Å². The Balaban J connectivity index is 2.42. The van der Waals surface area contributed by atoms with E-state index in [2.05, 4.69) is 4.98 Å². The van der Waals surface area contributed by atoms with Gasteiger partial charge in [-0.25, -0.2) is 4.79 Å². The Kier molecular flexibility index (Phi) is 2.76. The van der Waals surface area contributed by atoms with E-state index in [-0.39, 0.29) is 5.69 Å². The average molecular weight is 272 g/mol. The molecule has 94 valence electrons. The third-order valence-electron chi connectivity index (χ3n) is 3.06. The highest BCUT2D eigenvalue weighted by Gasteiger charge is 2.19. The Bertz CT molecular complexity index is 777. The van der Waals surface area contributed by atoms with Crippen molar-refractivity contribution in [3.05, 3.63) is 59.2 Å². The molecular formula is C15H10ClNO2. The number of H-pyrrole nitrogens is 1. The number of benzene rings is 2. The van der Waals surface area contributed by atoms with Crippen LogP contribution in [0.15, 0.2) is 48.5 Å². The first-order chi connectivity index (χ1) is 9.18. The molecule has 2 N–H and O–H groups in total. The molecule has 0 aliphatic heterocycles. The molecule has 19 heavy (non-hydrogen) atoms. The molecule has 1 heterocycles. The number of nitrogens with one attached hydrogen (secondary N) is 1. The Labute approximate surface area is 114 Å². The summed E-state index contributed by atoms with van der Waals surface area (Å²) < 4.78 is 0. The number of halogens is 1. The van der Waals surface area contributed by atoms with Crippen LogP contribution in [0.1, 0.15) is 10.5 Å². The second-order valence-electron chi connectivity index (χ2n) is 4.21. The van der Waals surface area contributed by atoms with Gasteiger partial charge in [-0.3, -0.25) is 0 Å². The predicted molar refractivity (Wildman–Crippen MR) is 75.7 cm³/mol. The number of aromatic amines is 1. The van der Waals surface area contributed by atoms with Gasteiger partial charge in [0.25, 0.3) is 0 Å². The van der Waals surface area contributed by atoms with Crippen LogP contribution in [0, 0.1) is 0 Å². The standard InChI is InChI=1S/C15H10ClNO2/c16-11-7-3-1-5-9(11)13-10-6-2-4-8-12(10)17-14(13)15(18)19/h1-8,17H,(H,18,19). The number of para-hydroxylation sites is 1. The van der Waals surface area contributed by atoms with E-state index in [1.54, 1.807) is 6.07 Å². The van der Waals surface area contributed by atoms with E-state index < -0.39 is 5.97 Å². The van der Waals surface area contributed by atoms with E-state index in [4.69, 9.17) is 11.6 Å². The van der Waals surface area contributed by atoms with E-state index in [0.717, 1.165) is 16.5 Å². The van der Waals surface area contributed by atoms with E-state index in [0.29, 0.717) is 10.6 Å². The number of carboxylic acids is 1. The quantitative estimate of drug-likeness (QED) is 0.734. The molecule has 3 aromatic rings. The van der Waals surface area contributed by atoms with E-state index in [9.17, 15) is 9.90 Å². The molecule has 0 spiro atoms. The highest BCUT2D eigenvalue weighted by atomic mass is 35.5. The summed E-state index contributed by atoms with van der Waals surface area (Å²) in [5.74, 6) is -0.994. The van der Waals surface area contributed by atoms with Crippen LogP contribution in [0.4, 0.5) is 0 Å². The van der Waals surface area contributed by atoms with Crippen LogP contribution in [0.3, 0.4) is 0 Å². The molecule has 0 bridgehead atoms. The Morgan fingerprint density at radius 1 is 1.05 bits per heavy atom. The molecular weight excluding hydrogens is 262 g/mol. The fourth-order valence-electron chi connectivity index (χ4n) is 2.25. The van der Waals surface area contributed by atoms with Gasteiger partial charge in [0.1, 0.15) is 5.69 Å². The fraction of sp³-hybridized carbons (Fsp3) is 0. The molecule has 0 aliphatic rings. The van der Waals surface area contributed by atoms with E-state index >= 15 is 0 Å². The summed E-state index contributed by atoms with van der Waals surface area (Å²) in [5.41, 5.74) is 2.30. The Morgan fingerprint density at radius 2 is 1.74 bits per heavy atom. The normalized spacial score (nSPS) is 10.8. The maximum atomic E-state index is 11.4. The largest absolute Gasteiger partial charge is 0.477 e. The number of aromatic nitrogens is 1. The molecule has 0 amide bonds. The Hall–Kier alpha value is -2.26. The number of aromatic carboxylic acids is 1. The summed E-state index contributed by atoms with van der Waals surface area (Å²) >= 11 is 6.19. The van der Waals surface area contributed by atoms with Gasteiger partial charge in [0.2, 0.25) is 0 Å². The zero-order valence-corrected chi connectivity index (χ0v) is 10.6. The maximum absolute atomic E-state index is 11.4. The van der Waals surface area contributed by atoms with Crippen LogP contribution in [0.25, 0.3) is 22.0 Å². The summed E-state index contributed by atoms with van der Waals surface area (Å²) in [6.07, 6.45) is 0. The lowest BCUT2D eigenvalue weighted by atomic mass is 10.0. The molecule has 0 saturated heterocycles. The monoisotopic (exact) mass is 271 g/mol. The van der Waals surface area contributed by atoms with Crippen LogP contribution in [0.2, 0.25) is 5.02 Å². The second kappa shape index (κ2) is 4.44. The van der Waals surface area contributed by atoms with Crippen molar-refractivity contribution in [1.29, 1.82) is 0 Å². The van der Waals surface area contributed by atoms with Gasteiger partial charge in [-0.05, 0) is 12.1 Å². The first-order valence-corrected chi connectivity index (χ1v) is 6.15. The zero-order chi connectivity index (χ0) is 13.4. The predicted octanol–water partition coefficient (Wildman–Crippen LogP) is 4.19. The van der Waals surface area contributed by atoms with Crippen molar-refractivity contribution in [3.63, 3.8) is 0 Å². The van der Waals surface area contributed by atoms with Crippen molar-refractivity contribution in [2.24, 2.45) is 0 Å². The zero-order valence-electron chi connectivity index (χ0n) is 9.85. The topological polar surface area (TPSA) is 53.1 Å². The minimum absolute atomic E-state index is 0.161. The van der Waals surface area contributed by atoms with Crippen LogP contribution < -0.4 is 0 Å². The van der Waals surface area contributed by atoms with Gasteiger partial charge in [-0.15, -0.1) is 0 Å². The lowest BCUT2D eigenvalue weighted by Crippen LogP contribution is -1.98. The second-order valence-corrected chi connectivity index (χ2v) is 4.61. The molecule has 0 atom stereocenters. The van der Waals surface area contributed by atoms with Crippen molar-refractivity contribution < 1.29 is 9.90 Å². The lowest BCUT2D eigenvalue weighted by Gasteiger charge is -2.04. The van der Waals surface area contributed by atoms with Crippen molar-refractivity contribution >= 4 is 28.5 Å². The summed E-state index contributed by atoms with van der Waals surface area (Å²) in [4.78, 5) is 14.3. The number of carbonyl (C=O) groups is 1. The van der Waals surface area contributed by atoms with E-state index in [1.807, 2.05) is 42.5 Å². The summed E-state index contributed by atoms with van der Waals surface area (Å²) in [6, 6.07) is 14.7. The highest BCUT2D eigenvalue weighted by molar-refractivity contribution is 6.34. The summed E-state index contributed by atoms with van der Waals surface area (Å²) in [6.45, 7) is 0. The van der Waals surface area contributed by atoms with Gasteiger partial charge in [0, 0.05) is 27.1 Å². The van der Waals surface area contributed by atoms with Gasteiger partial charge in [0.05, 0.1) is 0 Å². The van der Waals surface area contributed by atoms with Gasteiger partial charge < -0.3 is 10.1 Å². The molecule has 3 rings (SSSR count). The molecule has 0 aliphatic carbocycles. The Morgan fingerprint density at radius 3 is 2.47 bits per heavy atom. The van der Waals surface area contributed by atoms with Crippen molar-refractivity contribution in [2.45, 2.75) is 0 Å². The van der Waals surface area contributed by atoms with E-state index in [1.165, 1.54) is 0 Å². The highest BCUT2D eigenvalue weighted by Crippen LogP contribution is 2.36.